The number of aryl methyl sites for hydroxylation is 2. The highest BCUT2D eigenvalue weighted by atomic mass is 32.2. The van der Waals surface area contributed by atoms with Crippen LogP contribution in [0.2, 0.25) is 0 Å². The predicted molar refractivity (Wildman–Crippen MR) is 102 cm³/mol. The Morgan fingerprint density at radius 3 is 2.52 bits per heavy atom. The molecule has 1 heterocycles. The van der Waals surface area contributed by atoms with Crippen molar-refractivity contribution in [1.29, 1.82) is 0 Å². The number of carbonyl (C=O) groups excluding carboxylic acids is 1. The molecule has 1 amide bonds. The second-order valence-electron chi connectivity index (χ2n) is 5.80. The Labute approximate surface area is 151 Å². The van der Waals surface area contributed by atoms with Gasteiger partial charge in [-0.1, -0.05) is 53.7 Å². The summed E-state index contributed by atoms with van der Waals surface area (Å²) in [7, 11) is 0. The number of rotatable bonds is 5. The molecular formula is C20H19N3OS. The summed E-state index contributed by atoms with van der Waals surface area (Å²) in [5.41, 5.74) is 4.43. The molecule has 126 valence electrons. The zero-order valence-corrected chi connectivity index (χ0v) is 15.0. The second kappa shape index (κ2) is 7.94. The summed E-state index contributed by atoms with van der Waals surface area (Å²) in [6, 6.07) is 19.2. The molecule has 3 rings (SSSR count). The van der Waals surface area contributed by atoms with Crippen LogP contribution in [-0.2, 0) is 5.75 Å². The lowest BCUT2D eigenvalue weighted by molar-refractivity contribution is 0.102. The third-order valence-corrected chi connectivity index (χ3v) is 4.77. The van der Waals surface area contributed by atoms with E-state index in [0.717, 1.165) is 10.8 Å². The fraction of sp³-hybridized carbons (Fsp3) is 0.150. The molecule has 1 N–H and O–H groups in total. The summed E-state index contributed by atoms with van der Waals surface area (Å²) in [6.45, 7) is 4.21. The van der Waals surface area contributed by atoms with E-state index in [4.69, 9.17) is 0 Å². The molecule has 3 aromatic rings. The molecule has 0 aliphatic heterocycles. The number of hydrogen-bond donors (Lipinski definition) is 1. The molecule has 0 radical (unpaired) electrons. The van der Waals surface area contributed by atoms with E-state index in [0.29, 0.717) is 11.4 Å². The smallest absolute Gasteiger partial charge is 0.256 e. The van der Waals surface area contributed by atoms with Crippen LogP contribution < -0.4 is 5.32 Å². The first kappa shape index (κ1) is 17.2. The Kier molecular flexibility index (Phi) is 5.46. The molecule has 0 aliphatic rings. The molecule has 1 aromatic heterocycles. The van der Waals surface area contributed by atoms with Crippen LogP contribution in [0.4, 0.5) is 5.82 Å². The lowest BCUT2D eigenvalue weighted by atomic mass is 10.1. The Bertz CT molecular complexity index is 864. The normalized spacial score (nSPS) is 10.5. The standard InChI is InChI=1S/C20H19N3OS/c1-14-8-9-15(2)17(12-14)13-25-19-11-10-18(22-23-19)21-20(24)16-6-4-3-5-7-16/h3-12H,13H2,1-2H3,(H,21,22,24). The number of carbonyl (C=O) groups is 1. The van der Waals surface area contributed by atoms with E-state index < -0.39 is 0 Å². The minimum atomic E-state index is -0.189. The van der Waals surface area contributed by atoms with Gasteiger partial charge in [0.25, 0.3) is 5.91 Å². The van der Waals surface area contributed by atoms with Gasteiger partial charge in [-0.05, 0) is 49.2 Å². The molecule has 0 unspecified atom stereocenters. The fourth-order valence-corrected chi connectivity index (χ4v) is 3.23. The average molecular weight is 349 g/mol. The van der Waals surface area contributed by atoms with Gasteiger partial charge >= 0.3 is 0 Å². The highest BCUT2D eigenvalue weighted by Crippen LogP contribution is 2.23. The lowest BCUT2D eigenvalue weighted by Crippen LogP contribution is -2.13. The number of anilines is 1. The van der Waals surface area contributed by atoms with Gasteiger partial charge in [-0.3, -0.25) is 4.79 Å². The first-order valence-corrected chi connectivity index (χ1v) is 8.99. The number of hydrogen-bond acceptors (Lipinski definition) is 4. The minimum Gasteiger partial charge on any atom is -0.305 e. The van der Waals surface area contributed by atoms with E-state index >= 15 is 0 Å². The highest BCUT2D eigenvalue weighted by Gasteiger charge is 2.07. The second-order valence-corrected chi connectivity index (χ2v) is 6.79. The van der Waals surface area contributed by atoms with Crippen molar-refractivity contribution < 1.29 is 4.79 Å². The van der Waals surface area contributed by atoms with Crippen molar-refractivity contribution in [3.8, 4) is 0 Å². The SMILES string of the molecule is Cc1ccc(C)c(CSc2ccc(NC(=O)c3ccccc3)nn2)c1. The number of benzene rings is 2. The van der Waals surface area contributed by atoms with Crippen LogP contribution in [0.25, 0.3) is 0 Å². The molecular weight excluding hydrogens is 330 g/mol. The van der Waals surface area contributed by atoms with Crippen molar-refractivity contribution >= 4 is 23.5 Å². The number of nitrogens with one attached hydrogen (secondary N) is 1. The van der Waals surface area contributed by atoms with Crippen molar-refractivity contribution in [2.24, 2.45) is 0 Å². The Morgan fingerprint density at radius 1 is 1.00 bits per heavy atom. The van der Waals surface area contributed by atoms with Crippen LogP contribution in [0.5, 0.6) is 0 Å². The maximum absolute atomic E-state index is 12.1. The van der Waals surface area contributed by atoms with E-state index in [1.165, 1.54) is 16.7 Å². The van der Waals surface area contributed by atoms with Crippen molar-refractivity contribution in [1.82, 2.24) is 10.2 Å². The van der Waals surface area contributed by atoms with Gasteiger partial charge in [0.05, 0.1) is 0 Å². The van der Waals surface area contributed by atoms with Crippen molar-refractivity contribution in [3.05, 3.63) is 82.9 Å². The Balaban J connectivity index is 1.60. The largest absolute Gasteiger partial charge is 0.305 e. The molecule has 0 aliphatic carbocycles. The zero-order valence-electron chi connectivity index (χ0n) is 14.2. The zero-order chi connectivity index (χ0) is 17.6. The van der Waals surface area contributed by atoms with Crippen LogP contribution >= 0.6 is 11.8 Å². The summed E-state index contributed by atoms with van der Waals surface area (Å²) < 4.78 is 0. The van der Waals surface area contributed by atoms with Gasteiger partial charge in [0.2, 0.25) is 0 Å². The summed E-state index contributed by atoms with van der Waals surface area (Å²) in [5, 5.41) is 11.9. The third kappa shape index (κ3) is 4.67. The molecule has 0 bridgehead atoms. The predicted octanol–water partition coefficient (Wildman–Crippen LogP) is 4.64. The average Bonchev–Trinajstić information content (AvgIpc) is 2.64. The van der Waals surface area contributed by atoms with E-state index in [1.54, 1.807) is 30.0 Å². The minimum absolute atomic E-state index is 0.189. The molecule has 2 aromatic carbocycles. The maximum atomic E-state index is 12.1. The van der Waals surface area contributed by atoms with Gasteiger partial charge < -0.3 is 5.32 Å². The van der Waals surface area contributed by atoms with Gasteiger partial charge in [0, 0.05) is 11.3 Å². The summed E-state index contributed by atoms with van der Waals surface area (Å²) in [4.78, 5) is 12.1. The number of nitrogens with zero attached hydrogens (tertiary/aromatic N) is 2. The van der Waals surface area contributed by atoms with Crippen molar-refractivity contribution in [2.45, 2.75) is 24.6 Å². The molecule has 0 saturated heterocycles. The topological polar surface area (TPSA) is 54.9 Å². The van der Waals surface area contributed by atoms with E-state index in [9.17, 15) is 4.79 Å². The molecule has 0 atom stereocenters. The molecule has 0 fully saturated rings. The molecule has 0 saturated carbocycles. The molecule has 25 heavy (non-hydrogen) atoms. The van der Waals surface area contributed by atoms with Crippen LogP contribution in [0.3, 0.4) is 0 Å². The summed E-state index contributed by atoms with van der Waals surface area (Å²) >= 11 is 1.63. The number of amides is 1. The van der Waals surface area contributed by atoms with Gasteiger partial charge in [-0.25, -0.2) is 0 Å². The van der Waals surface area contributed by atoms with Crippen molar-refractivity contribution in [3.63, 3.8) is 0 Å². The number of aromatic nitrogens is 2. The van der Waals surface area contributed by atoms with Crippen molar-refractivity contribution in [2.75, 3.05) is 5.32 Å². The van der Waals surface area contributed by atoms with E-state index in [-0.39, 0.29) is 5.91 Å². The van der Waals surface area contributed by atoms with Gasteiger partial charge in [0.1, 0.15) is 5.03 Å². The first-order valence-electron chi connectivity index (χ1n) is 8.01. The monoisotopic (exact) mass is 349 g/mol. The fourth-order valence-electron chi connectivity index (χ4n) is 2.35. The van der Waals surface area contributed by atoms with E-state index in [2.05, 4.69) is 47.6 Å². The maximum Gasteiger partial charge on any atom is 0.256 e. The quantitative estimate of drug-likeness (QED) is 0.682. The molecule has 5 heteroatoms. The molecule has 0 spiro atoms. The first-order chi connectivity index (χ1) is 12.1. The Hall–Kier alpha value is -2.66. The summed E-state index contributed by atoms with van der Waals surface area (Å²) in [5.74, 6) is 1.10. The molecule has 4 nitrogen and oxygen atoms in total. The highest BCUT2D eigenvalue weighted by molar-refractivity contribution is 7.98. The van der Waals surface area contributed by atoms with Gasteiger partial charge in [-0.15, -0.1) is 10.2 Å². The lowest BCUT2D eigenvalue weighted by Gasteiger charge is -2.07. The van der Waals surface area contributed by atoms with Crippen LogP contribution in [0.15, 0.2) is 65.7 Å². The van der Waals surface area contributed by atoms with Crippen LogP contribution in [-0.4, -0.2) is 16.1 Å². The summed E-state index contributed by atoms with van der Waals surface area (Å²) in [6.07, 6.45) is 0. The van der Waals surface area contributed by atoms with Crippen LogP contribution in [0.1, 0.15) is 27.0 Å². The Morgan fingerprint density at radius 2 is 1.80 bits per heavy atom. The van der Waals surface area contributed by atoms with Crippen LogP contribution in [0, 0.1) is 13.8 Å². The van der Waals surface area contributed by atoms with Gasteiger partial charge in [-0.2, -0.15) is 0 Å². The third-order valence-electron chi connectivity index (χ3n) is 3.80. The van der Waals surface area contributed by atoms with E-state index in [1.807, 2.05) is 24.3 Å². The van der Waals surface area contributed by atoms with Gasteiger partial charge in [0.15, 0.2) is 5.82 Å². The number of thioether (sulfide) groups is 1.